The molecule has 200 valence electrons. The summed E-state index contributed by atoms with van der Waals surface area (Å²) in [6.45, 7) is 13.9. The van der Waals surface area contributed by atoms with Crippen LogP contribution in [0.15, 0.2) is 60.7 Å². The molecule has 0 radical (unpaired) electrons. The maximum absolute atomic E-state index is 13.2. The van der Waals surface area contributed by atoms with Crippen LogP contribution in [0.4, 0.5) is 0 Å². The topological polar surface area (TPSA) is 97.4 Å². The minimum atomic E-state index is -2.26. The quantitative estimate of drug-likeness (QED) is 0.191. The van der Waals surface area contributed by atoms with Crippen molar-refractivity contribution in [3.63, 3.8) is 0 Å². The molecule has 3 rings (SSSR count). The average molecular weight is 529 g/mol. The largest absolute Gasteiger partial charge is 0.451 e. The Morgan fingerprint density at radius 2 is 1.35 bits per heavy atom. The second-order valence-corrected chi connectivity index (χ2v) is 15.9. The molecule has 9 heteroatoms. The van der Waals surface area contributed by atoms with Crippen LogP contribution in [-0.2, 0) is 28.2 Å². The summed E-state index contributed by atoms with van der Waals surface area (Å²) in [5.74, 6) is -3.05. The van der Waals surface area contributed by atoms with Gasteiger partial charge in [0, 0.05) is 6.92 Å². The number of ether oxygens (including phenoxy) is 4. The summed E-state index contributed by atoms with van der Waals surface area (Å²) in [6.07, 6.45) is -2.42. The maximum Gasteiger partial charge on any atom is 0.338 e. The molecule has 0 N–H and O–H groups in total. The Morgan fingerprint density at radius 3 is 1.78 bits per heavy atom. The van der Waals surface area contributed by atoms with Crippen molar-refractivity contribution >= 4 is 26.7 Å². The van der Waals surface area contributed by atoms with Crippen LogP contribution >= 0.6 is 0 Å². The van der Waals surface area contributed by atoms with Crippen molar-refractivity contribution in [3.8, 4) is 0 Å². The van der Waals surface area contributed by atoms with Gasteiger partial charge in [-0.3, -0.25) is 4.79 Å². The lowest BCUT2D eigenvalue weighted by molar-refractivity contribution is -0.248. The van der Waals surface area contributed by atoms with Crippen molar-refractivity contribution in [1.29, 1.82) is 0 Å². The van der Waals surface area contributed by atoms with E-state index in [9.17, 15) is 14.4 Å². The minimum Gasteiger partial charge on any atom is -0.451 e. The predicted molar refractivity (Wildman–Crippen MR) is 139 cm³/mol. The number of hydrogen-bond donors (Lipinski definition) is 0. The SMILES string of the molecule is CC(C)(C)[Si](C)(C)OC[C@@]1(C)O[C@@](C)(OC=O)[C@H](OC(=O)c2ccccc2)[C@@H]1OC(=O)c1ccccc1. The number of carbonyl (C=O) groups excluding carboxylic acids is 3. The van der Waals surface area contributed by atoms with Crippen molar-refractivity contribution in [2.24, 2.45) is 0 Å². The van der Waals surface area contributed by atoms with Crippen LogP contribution in [0.3, 0.4) is 0 Å². The molecule has 1 aliphatic rings. The van der Waals surface area contributed by atoms with Crippen LogP contribution in [0.5, 0.6) is 0 Å². The third-order valence-electron chi connectivity index (χ3n) is 7.12. The fourth-order valence-electron chi connectivity index (χ4n) is 3.88. The molecular formula is C28H36O8Si. The second kappa shape index (κ2) is 10.8. The molecule has 8 nitrogen and oxygen atoms in total. The number of benzene rings is 2. The first kappa shape index (κ1) is 28.6. The lowest BCUT2D eigenvalue weighted by Crippen LogP contribution is -2.52. The van der Waals surface area contributed by atoms with E-state index in [1.54, 1.807) is 67.6 Å². The van der Waals surface area contributed by atoms with E-state index in [2.05, 4.69) is 33.9 Å². The summed E-state index contributed by atoms with van der Waals surface area (Å²) < 4.78 is 29.8. The summed E-state index contributed by atoms with van der Waals surface area (Å²) >= 11 is 0. The molecule has 2 aromatic rings. The Kier molecular flexibility index (Phi) is 8.31. The molecule has 0 aromatic heterocycles. The zero-order chi connectivity index (χ0) is 27.5. The van der Waals surface area contributed by atoms with Gasteiger partial charge in [0.05, 0.1) is 17.7 Å². The highest BCUT2D eigenvalue weighted by Crippen LogP contribution is 2.45. The Labute approximate surface area is 219 Å². The summed E-state index contributed by atoms with van der Waals surface area (Å²) in [6, 6.07) is 16.8. The van der Waals surface area contributed by atoms with Gasteiger partial charge in [-0.05, 0) is 49.3 Å². The van der Waals surface area contributed by atoms with Gasteiger partial charge >= 0.3 is 11.9 Å². The van der Waals surface area contributed by atoms with Crippen molar-refractivity contribution in [3.05, 3.63) is 71.8 Å². The normalized spacial score (nSPS) is 25.8. The van der Waals surface area contributed by atoms with Gasteiger partial charge < -0.3 is 23.4 Å². The maximum atomic E-state index is 13.2. The van der Waals surface area contributed by atoms with E-state index >= 15 is 0 Å². The fraction of sp³-hybridized carbons (Fsp3) is 0.464. The molecule has 0 saturated carbocycles. The standard InChI is InChI=1S/C28H36O8Si/c1-26(2,3)37(6,7)33-18-27(4)22(34-24(30)20-14-10-8-11-15-20)23(28(5,36-27)32-19-29)35-25(31)21-16-12-9-13-17-21/h8-17,19,22-23H,18H2,1-7H3/t22-,23+,27+,28+/m0/s1. The third kappa shape index (κ3) is 6.29. The van der Waals surface area contributed by atoms with Gasteiger partial charge in [-0.2, -0.15) is 0 Å². The third-order valence-corrected chi connectivity index (χ3v) is 11.6. The highest BCUT2D eigenvalue weighted by molar-refractivity contribution is 6.74. The van der Waals surface area contributed by atoms with Gasteiger partial charge in [-0.25, -0.2) is 9.59 Å². The first-order chi connectivity index (χ1) is 17.2. The molecule has 1 heterocycles. The summed E-state index contributed by atoms with van der Waals surface area (Å²) in [7, 11) is -2.26. The van der Waals surface area contributed by atoms with E-state index in [1.807, 2.05) is 0 Å². The zero-order valence-corrected chi connectivity index (χ0v) is 23.5. The number of carbonyl (C=O) groups is 3. The van der Waals surface area contributed by atoms with E-state index in [0.717, 1.165) is 0 Å². The smallest absolute Gasteiger partial charge is 0.338 e. The Balaban J connectivity index is 2.01. The highest BCUT2D eigenvalue weighted by atomic mass is 28.4. The van der Waals surface area contributed by atoms with E-state index < -0.39 is 43.9 Å². The first-order valence-electron chi connectivity index (χ1n) is 12.2. The number of hydrogen-bond acceptors (Lipinski definition) is 8. The lowest BCUT2D eigenvalue weighted by atomic mass is 9.96. The molecular weight excluding hydrogens is 492 g/mol. The molecule has 0 amide bonds. The molecule has 4 atom stereocenters. The Morgan fingerprint density at radius 1 is 0.892 bits per heavy atom. The van der Waals surface area contributed by atoms with E-state index in [1.165, 1.54) is 6.92 Å². The van der Waals surface area contributed by atoms with Crippen LogP contribution in [0.25, 0.3) is 0 Å². The molecule has 1 aliphatic heterocycles. The van der Waals surface area contributed by atoms with Crippen LogP contribution < -0.4 is 0 Å². The molecule has 0 aliphatic carbocycles. The molecule has 1 fully saturated rings. The number of esters is 2. The summed E-state index contributed by atoms with van der Waals surface area (Å²) in [5.41, 5.74) is -0.706. The van der Waals surface area contributed by atoms with Crippen molar-refractivity contribution in [1.82, 2.24) is 0 Å². The molecule has 2 aromatic carbocycles. The van der Waals surface area contributed by atoms with Gasteiger partial charge in [-0.15, -0.1) is 0 Å². The van der Waals surface area contributed by atoms with E-state index in [0.29, 0.717) is 5.56 Å². The molecule has 1 saturated heterocycles. The highest BCUT2D eigenvalue weighted by Gasteiger charge is 2.65. The molecule has 0 bridgehead atoms. The minimum absolute atomic E-state index is 0.0213. The average Bonchev–Trinajstić information content (AvgIpc) is 3.04. The molecule has 0 spiro atoms. The van der Waals surface area contributed by atoms with Crippen LogP contribution in [-0.4, -0.2) is 56.9 Å². The zero-order valence-electron chi connectivity index (χ0n) is 22.5. The fourth-order valence-corrected chi connectivity index (χ4v) is 4.96. The van der Waals surface area contributed by atoms with Crippen molar-refractivity contribution in [2.45, 2.75) is 76.3 Å². The van der Waals surface area contributed by atoms with E-state index in [-0.39, 0.29) is 23.7 Å². The summed E-state index contributed by atoms with van der Waals surface area (Å²) in [5, 5.41) is -0.0973. The second-order valence-electron chi connectivity index (χ2n) is 11.1. The Hall–Kier alpha value is -3.01. The lowest BCUT2D eigenvalue weighted by Gasteiger charge is -2.40. The van der Waals surface area contributed by atoms with Crippen molar-refractivity contribution < 1.29 is 37.8 Å². The van der Waals surface area contributed by atoms with Gasteiger partial charge in [-0.1, -0.05) is 57.2 Å². The van der Waals surface area contributed by atoms with Crippen LogP contribution in [0.1, 0.15) is 55.3 Å². The van der Waals surface area contributed by atoms with Gasteiger partial charge in [0.2, 0.25) is 6.10 Å². The number of rotatable bonds is 9. The molecule has 37 heavy (non-hydrogen) atoms. The van der Waals surface area contributed by atoms with Crippen LogP contribution in [0.2, 0.25) is 18.1 Å². The molecule has 0 unspecified atom stereocenters. The predicted octanol–water partition coefficient (Wildman–Crippen LogP) is 5.14. The monoisotopic (exact) mass is 528 g/mol. The van der Waals surface area contributed by atoms with E-state index in [4.69, 9.17) is 23.4 Å². The first-order valence-corrected chi connectivity index (χ1v) is 15.1. The Bertz CT molecular complexity index is 1100. The summed E-state index contributed by atoms with van der Waals surface area (Å²) in [4.78, 5) is 37.7. The van der Waals surface area contributed by atoms with Gasteiger partial charge in [0.15, 0.2) is 14.4 Å². The van der Waals surface area contributed by atoms with Crippen LogP contribution in [0, 0.1) is 0 Å². The van der Waals surface area contributed by atoms with Gasteiger partial charge in [0.25, 0.3) is 12.3 Å². The van der Waals surface area contributed by atoms with Crippen molar-refractivity contribution in [2.75, 3.05) is 6.61 Å². The van der Waals surface area contributed by atoms with Gasteiger partial charge in [0.1, 0.15) is 5.60 Å².